The third-order valence-electron chi connectivity index (χ3n) is 5.13. The summed E-state index contributed by atoms with van der Waals surface area (Å²) >= 11 is 9.50. The van der Waals surface area contributed by atoms with Gasteiger partial charge in [0.15, 0.2) is 5.13 Å². The summed E-state index contributed by atoms with van der Waals surface area (Å²) in [5, 5.41) is 1.30. The number of thiazole rings is 1. The summed E-state index contributed by atoms with van der Waals surface area (Å²) < 4.78 is 6.41. The zero-order valence-corrected chi connectivity index (χ0v) is 19.2. The largest absolute Gasteiger partial charge is 0.379 e. The van der Waals surface area contributed by atoms with Crippen LogP contribution in [-0.4, -0.2) is 61.4 Å². The molecule has 0 spiro atoms. The third kappa shape index (κ3) is 4.98. The van der Waals surface area contributed by atoms with E-state index in [2.05, 4.69) is 4.90 Å². The van der Waals surface area contributed by atoms with E-state index in [9.17, 15) is 4.79 Å². The van der Waals surface area contributed by atoms with Gasteiger partial charge in [0.1, 0.15) is 5.52 Å². The SMILES string of the molecule is CSc1ccc(C(=O)N(CCCN2CCOCC2)c2nc3c(Cl)cccc3s2)cc1. The molecule has 5 nitrogen and oxygen atoms in total. The number of nitrogens with zero attached hydrogens (tertiary/aromatic N) is 3. The van der Waals surface area contributed by atoms with E-state index < -0.39 is 0 Å². The maximum atomic E-state index is 13.4. The number of para-hydroxylation sites is 1. The summed E-state index contributed by atoms with van der Waals surface area (Å²) in [4.78, 5) is 23.4. The first-order valence-electron chi connectivity index (χ1n) is 9.97. The molecule has 4 rings (SSSR count). The van der Waals surface area contributed by atoms with Crippen LogP contribution in [0, 0.1) is 0 Å². The minimum Gasteiger partial charge on any atom is -0.379 e. The van der Waals surface area contributed by atoms with Gasteiger partial charge in [0, 0.05) is 36.6 Å². The number of amides is 1. The van der Waals surface area contributed by atoms with Gasteiger partial charge in [0.2, 0.25) is 0 Å². The predicted octanol–water partition coefficient (Wildman–Crippen LogP) is 5.04. The van der Waals surface area contributed by atoms with Crippen LogP contribution < -0.4 is 4.90 Å². The lowest BCUT2D eigenvalue weighted by Gasteiger charge is -2.27. The van der Waals surface area contributed by atoms with Crippen LogP contribution in [0.2, 0.25) is 5.02 Å². The van der Waals surface area contributed by atoms with Crippen LogP contribution in [0.25, 0.3) is 10.2 Å². The molecule has 158 valence electrons. The Morgan fingerprint density at radius 2 is 2.00 bits per heavy atom. The lowest BCUT2D eigenvalue weighted by atomic mass is 10.2. The van der Waals surface area contributed by atoms with E-state index in [0.717, 1.165) is 54.4 Å². The Balaban J connectivity index is 1.57. The molecule has 2 heterocycles. The van der Waals surface area contributed by atoms with E-state index in [4.69, 9.17) is 21.3 Å². The molecule has 2 aromatic carbocycles. The smallest absolute Gasteiger partial charge is 0.260 e. The second-order valence-electron chi connectivity index (χ2n) is 7.08. The molecule has 1 aliphatic rings. The molecule has 0 aliphatic carbocycles. The van der Waals surface area contributed by atoms with Gasteiger partial charge in [-0.05, 0) is 49.1 Å². The summed E-state index contributed by atoms with van der Waals surface area (Å²) in [5.41, 5.74) is 1.42. The average molecular weight is 462 g/mol. The fraction of sp³-hybridized carbons (Fsp3) is 0.364. The number of carbonyl (C=O) groups is 1. The fourth-order valence-corrected chi connectivity index (χ4v) is 5.17. The maximum Gasteiger partial charge on any atom is 0.260 e. The zero-order valence-electron chi connectivity index (χ0n) is 16.8. The lowest BCUT2D eigenvalue weighted by molar-refractivity contribution is 0.0376. The average Bonchev–Trinajstić information content (AvgIpc) is 3.22. The molecule has 0 N–H and O–H groups in total. The van der Waals surface area contributed by atoms with Crippen molar-refractivity contribution in [3.05, 3.63) is 53.1 Å². The lowest BCUT2D eigenvalue weighted by Crippen LogP contribution is -2.39. The van der Waals surface area contributed by atoms with Gasteiger partial charge < -0.3 is 4.74 Å². The number of fused-ring (bicyclic) bond motifs is 1. The zero-order chi connectivity index (χ0) is 20.9. The molecule has 3 aromatic rings. The number of aromatic nitrogens is 1. The number of halogens is 1. The molecule has 1 aliphatic heterocycles. The second-order valence-corrected chi connectivity index (χ2v) is 9.37. The predicted molar refractivity (Wildman–Crippen MR) is 126 cm³/mol. The number of thioether (sulfide) groups is 1. The van der Waals surface area contributed by atoms with Crippen molar-refractivity contribution in [3.63, 3.8) is 0 Å². The number of carbonyl (C=O) groups excluding carboxylic acids is 1. The standard InChI is InChI=1S/C22H24ClN3O2S2/c1-29-17-8-6-16(7-9-17)21(27)26(11-3-10-25-12-14-28-15-13-25)22-24-20-18(23)4-2-5-19(20)30-22/h2,4-9H,3,10-15H2,1H3. The van der Waals surface area contributed by atoms with Gasteiger partial charge in [-0.3, -0.25) is 14.6 Å². The number of anilines is 1. The van der Waals surface area contributed by atoms with Crippen LogP contribution in [0.4, 0.5) is 5.13 Å². The monoisotopic (exact) mass is 461 g/mol. The number of morpholine rings is 1. The summed E-state index contributed by atoms with van der Waals surface area (Å²) in [6, 6.07) is 13.5. The number of benzene rings is 2. The summed E-state index contributed by atoms with van der Waals surface area (Å²) in [6.45, 7) is 4.99. The van der Waals surface area contributed by atoms with Crippen LogP contribution in [0.1, 0.15) is 16.8 Å². The van der Waals surface area contributed by atoms with E-state index in [-0.39, 0.29) is 5.91 Å². The van der Waals surface area contributed by atoms with E-state index in [0.29, 0.717) is 22.3 Å². The van der Waals surface area contributed by atoms with Gasteiger partial charge in [0.25, 0.3) is 5.91 Å². The Morgan fingerprint density at radius 3 is 2.70 bits per heavy atom. The third-order valence-corrected chi connectivity index (χ3v) is 7.22. The van der Waals surface area contributed by atoms with Crippen LogP contribution in [-0.2, 0) is 4.74 Å². The first-order chi connectivity index (χ1) is 14.7. The van der Waals surface area contributed by atoms with Crippen molar-refractivity contribution in [1.29, 1.82) is 0 Å². The normalized spacial score (nSPS) is 14.9. The highest BCUT2D eigenvalue weighted by molar-refractivity contribution is 7.98. The Morgan fingerprint density at radius 1 is 1.23 bits per heavy atom. The quantitative estimate of drug-likeness (QED) is 0.461. The molecular weight excluding hydrogens is 438 g/mol. The number of hydrogen-bond acceptors (Lipinski definition) is 6. The highest BCUT2D eigenvalue weighted by Gasteiger charge is 2.22. The van der Waals surface area contributed by atoms with Crippen molar-refractivity contribution in [2.45, 2.75) is 11.3 Å². The molecule has 1 fully saturated rings. The number of hydrogen-bond donors (Lipinski definition) is 0. The molecule has 1 amide bonds. The minimum atomic E-state index is -0.0280. The molecule has 8 heteroatoms. The summed E-state index contributed by atoms with van der Waals surface area (Å²) in [7, 11) is 0. The van der Waals surface area contributed by atoms with Gasteiger partial charge in [-0.15, -0.1) is 11.8 Å². The van der Waals surface area contributed by atoms with Gasteiger partial charge in [-0.2, -0.15) is 0 Å². The van der Waals surface area contributed by atoms with Crippen LogP contribution >= 0.6 is 34.7 Å². The topological polar surface area (TPSA) is 45.7 Å². The first-order valence-corrected chi connectivity index (χ1v) is 12.4. The molecule has 0 saturated carbocycles. The first kappa shape index (κ1) is 21.6. The van der Waals surface area contributed by atoms with Crippen molar-refractivity contribution in [2.24, 2.45) is 0 Å². The van der Waals surface area contributed by atoms with E-state index >= 15 is 0 Å². The second kappa shape index (κ2) is 10.1. The van der Waals surface area contributed by atoms with Gasteiger partial charge >= 0.3 is 0 Å². The molecule has 0 radical (unpaired) electrons. The molecular formula is C22H24ClN3O2S2. The highest BCUT2D eigenvalue weighted by atomic mass is 35.5. The van der Waals surface area contributed by atoms with Gasteiger partial charge in [-0.1, -0.05) is 29.0 Å². The fourth-order valence-electron chi connectivity index (χ4n) is 3.47. The van der Waals surface area contributed by atoms with Crippen LogP contribution in [0.15, 0.2) is 47.4 Å². The Labute approximate surface area is 190 Å². The van der Waals surface area contributed by atoms with Crippen LogP contribution in [0.3, 0.4) is 0 Å². The van der Waals surface area contributed by atoms with Crippen LogP contribution in [0.5, 0.6) is 0 Å². The molecule has 30 heavy (non-hydrogen) atoms. The summed E-state index contributed by atoms with van der Waals surface area (Å²) in [5.74, 6) is -0.0280. The van der Waals surface area contributed by atoms with E-state index in [1.54, 1.807) is 16.7 Å². The number of ether oxygens (including phenoxy) is 1. The van der Waals surface area contributed by atoms with Crippen molar-refractivity contribution in [1.82, 2.24) is 9.88 Å². The minimum absolute atomic E-state index is 0.0280. The molecule has 1 saturated heterocycles. The molecule has 0 unspecified atom stereocenters. The maximum absolute atomic E-state index is 13.4. The summed E-state index contributed by atoms with van der Waals surface area (Å²) in [6.07, 6.45) is 2.90. The molecule has 0 atom stereocenters. The van der Waals surface area contributed by atoms with Crippen molar-refractivity contribution < 1.29 is 9.53 Å². The van der Waals surface area contributed by atoms with Crippen molar-refractivity contribution in [3.8, 4) is 0 Å². The molecule has 0 bridgehead atoms. The van der Waals surface area contributed by atoms with Gasteiger partial charge in [-0.25, -0.2) is 4.98 Å². The Bertz CT molecular complexity index is 1000. The highest BCUT2D eigenvalue weighted by Crippen LogP contribution is 2.33. The number of rotatable bonds is 7. The Hall–Kier alpha value is -1.64. The van der Waals surface area contributed by atoms with Crippen molar-refractivity contribution >= 4 is 56.0 Å². The van der Waals surface area contributed by atoms with Crippen molar-refractivity contribution in [2.75, 3.05) is 50.5 Å². The van der Waals surface area contributed by atoms with E-state index in [1.165, 1.54) is 11.3 Å². The Kier molecular flexibility index (Phi) is 7.28. The van der Waals surface area contributed by atoms with E-state index in [1.807, 2.05) is 48.7 Å². The molecule has 1 aromatic heterocycles. The van der Waals surface area contributed by atoms with Gasteiger partial charge in [0.05, 0.1) is 22.9 Å².